The van der Waals surface area contributed by atoms with Gasteiger partial charge in [-0.1, -0.05) is 34.1 Å². The number of ether oxygens (including phenoxy) is 1. The Kier molecular flexibility index (Phi) is 5.61. The lowest BCUT2D eigenvalue weighted by Crippen LogP contribution is -2.44. The van der Waals surface area contributed by atoms with E-state index < -0.39 is 6.04 Å². The Morgan fingerprint density at radius 3 is 2.76 bits per heavy atom. The third kappa shape index (κ3) is 4.11. The van der Waals surface area contributed by atoms with E-state index in [-0.39, 0.29) is 18.6 Å². The van der Waals surface area contributed by atoms with Gasteiger partial charge in [0.25, 0.3) is 0 Å². The molecule has 0 aromatic heterocycles. The zero-order valence-electron chi connectivity index (χ0n) is 9.94. The first-order chi connectivity index (χ1) is 8.06. The van der Waals surface area contributed by atoms with Crippen LogP contribution in [-0.2, 0) is 9.53 Å². The number of nitrogens with one attached hydrogen (secondary N) is 1. The van der Waals surface area contributed by atoms with E-state index in [1.54, 1.807) is 0 Å². The van der Waals surface area contributed by atoms with Crippen LogP contribution >= 0.6 is 15.9 Å². The normalized spacial score (nSPS) is 14.1. The summed E-state index contributed by atoms with van der Waals surface area (Å²) in [6.45, 7) is 2.13. The van der Waals surface area contributed by atoms with Crippen molar-refractivity contribution in [3.8, 4) is 0 Å². The maximum absolute atomic E-state index is 11.7. The van der Waals surface area contributed by atoms with Crippen LogP contribution in [0.25, 0.3) is 0 Å². The van der Waals surface area contributed by atoms with E-state index in [0.717, 1.165) is 10.0 Å². The van der Waals surface area contributed by atoms with Gasteiger partial charge in [0, 0.05) is 11.6 Å². The van der Waals surface area contributed by atoms with Crippen molar-refractivity contribution in [2.24, 2.45) is 5.73 Å². The summed E-state index contributed by atoms with van der Waals surface area (Å²) in [5.41, 5.74) is 6.66. The molecule has 2 atom stereocenters. The summed E-state index contributed by atoms with van der Waals surface area (Å²) < 4.78 is 5.81. The quantitative estimate of drug-likeness (QED) is 0.868. The summed E-state index contributed by atoms with van der Waals surface area (Å²) in [5, 5.41) is 2.85. The maximum Gasteiger partial charge on any atom is 0.239 e. The van der Waals surface area contributed by atoms with Crippen molar-refractivity contribution in [2.45, 2.75) is 19.0 Å². The van der Waals surface area contributed by atoms with Gasteiger partial charge in [-0.25, -0.2) is 0 Å². The monoisotopic (exact) mass is 300 g/mol. The summed E-state index contributed by atoms with van der Waals surface area (Å²) in [7, 11) is 1.52. The Hall–Kier alpha value is -0.910. The van der Waals surface area contributed by atoms with Gasteiger partial charge in [-0.3, -0.25) is 4.79 Å². The zero-order chi connectivity index (χ0) is 12.8. The molecule has 5 heteroatoms. The van der Waals surface area contributed by atoms with Crippen LogP contribution in [-0.4, -0.2) is 25.7 Å². The molecule has 1 unspecified atom stereocenters. The molecule has 0 aliphatic heterocycles. The van der Waals surface area contributed by atoms with Gasteiger partial charge in [0.2, 0.25) is 5.91 Å². The highest BCUT2D eigenvalue weighted by molar-refractivity contribution is 9.10. The largest absolute Gasteiger partial charge is 0.383 e. The fourth-order valence-corrected chi connectivity index (χ4v) is 2.11. The summed E-state index contributed by atoms with van der Waals surface area (Å²) in [5.74, 6) is -0.213. The highest BCUT2D eigenvalue weighted by Crippen LogP contribution is 2.22. The average Bonchev–Trinajstić information content (AvgIpc) is 2.29. The second-order valence-corrected chi connectivity index (χ2v) is 4.67. The lowest BCUT2D eigenvalue weighted by molar-refractivity contribution is -0.124. The third-order valence-corrected chi connectivity index (χ3v) is 3.14. The topological polar surface area (TPSA) is 64.3 Å². The van der Waals surface area contributed by atoms with Crippen LogP contribution in [0.4, 0.5) is 0 Å². The van der Waals surface area contributed by atoms with E-state index in [0.29, 0.717) is 0 Å². The molecule has 0 bridgehead atoms. The number of benzene rings is 1. The third-order valence-electron chi connectivity index (χ3n) is 2.41. The van der Waals surface area contributed by atoms with Gasteiger partial charge in [-0.15, -0.1) is 0 Å². The van der Waals surface area contributed by atoms with Crippen LogP contribution in [0.1, 0.15) is 18.5 Å². The smallest absolute Gasteiger partial charge is 0.239 e. The molecule has 1 aromatic carbocycles. The van der Waals surface area contributed by atoms with Gasteiger partial charge in [0.15, 0.2) is 0 Å². The molecule has 0 saturated carbocycles. The van der Waals surface area contributed by atoms with Crippen molar-refractivity contribution < 1.29 is 9.53 Å². The van der Waals surface area contributed by atoms with Crippen molar-refractivity contribution in [3.63, 3.8) is 0 Å². The molecule has 17 heavy (non-hydrogen) atoms. The van der Waals surface area contributed by atoms with Gasteiger partial charge in [0.05, 0.1) is 12.6 Å². The predicted octanol–water partition coefficient (Wildman–Crippen LogP) is 1.60. The summed E-state index contributed by atoms with van der Waals surface area (Å²) in [6.07, 6.45) is 0. The Balaban J connectivity index is 2.63. The molecule has 1 amide bonds. The molecule has 0 radical (unpaired) electrons. The van der Waals surface area contributed by atoms with Crippen LogP contribution in [0.15, 0.2) is 28.7 Å². The molecule has 1 aromatic rings. The number of amides is 1. The molecule has 3 N–H and O–H groups in total. The van der Waals surface area contributed by atoms with Crippen LogP contribution in [0.3, 0.4) is 0 Å². The second-order valence-electron chi connectivity index (χ2n) is 3.81. The van der Waals surface area contributed by atoms with E-state index >= 15 is 0 Å². The molecule has 0 saturated heterocycles. The van der Waals surface area contributed by atoms with Crippen LogP contribution in [0.2, 0.25) is 0 Å². The molecule has 4 nitrogen and oxygen atoms in total. The number of hydrogen-bond acceptors (Lipinski definition) is 3. The molecule has 94 valence electrons. The van der Waals surface area contributed by atoms with Crippen molar-refractivity contribution in [3.05, 3.63) is 34.3 Å². The van der Waals surface area contributed by atoms with Crippen molar-refractivity contribution in [1.29, 1.82) is 0 Å². The molecule has 1 rings (SSSR count). The number of rotatable bonds is 5. The Labute approximate surface area is 110 Å². The number of halogens is 1. The van der Waals surface area contributed by atoms with Crippen molar-refractivity contribution in [1.82, 2.24) is 5.32 Å². The standard InChI is InChI=1S/C12H17BrN2O2/c1-8(9-5-3-4-6-10(9)13)15-12(16)11(14)7-17-2/h3-6,8,11H,7,14H2,1-2H3,(H,15,16)/t8-,11?/m1/s1. The van der Waals surface area contributed by atoms with Gasteiger partial charge < -0.3 is 15.8 Å². The number of carbonyl (C=O) groups is 1. The SMILES string of the molecule is COCC(N)C(=O)N[C@H](C)c1ccccc1Br. The Morgan fingerprint density at radius 1 is 1.53 bits per heavy atom. The predicted molar refractivity (Wildman–Crippen MR) is 70.6 cm³/mol. The number of nitrogens with two attached hydrogens (primary N) is 1. The van der Waals surface area contributed by atoms with E-state index in [4.69, 9.17) is 10.5 Å². The van der Waals surface area contributed by atoms with Crippen molar-refractivity contribution in [2.75, 3.05) is 13.7 Å². The number of carbonyl (C=O) groups excluding carboxylic acids is 1. The van der Waals surface area contributed by atoms with Crippen LogP contribution in [0.5, 0.6) is 0 Å². The van der Waals surface area contributed by atoms with E-state index in [2.05, 4.69) is 21.2 Å². The molecule has 0 aliphatic carbocycles. The van der Waals surface area contributed by atoms with Crippen LogP contribution in [0, 0.1) is 0 Å². The minimum Gasteiger partial charge on any atom is -0.383 e. The Bertz CT molecular complexity index is 385. The van der Waals surface area contributed by atoms with E-state index in [1.165, 1.54) is 7.11 Å². The summed E-state index contributed by atoms with van der Waals surface area (Å²) in [4.78, 5) is 11.7. The maximum atomic E-state index is 11.7. The first kappa shape index (κ1) is 14.2. The highest BCUT2D eigenvalue weighted by atomic mass is 79.9. The van der Waals surface area contributed by atoms with Gasteiger partial charge in [0.1, 0.15) is 6.04 Å². The first-order valence-corrected chi connectivity index (χ1v) is 6.15. The van der Waals surface area contributed by atoms with Gasteiger partial charge in [-0.05, 0) is 18.6 Å². The molecule has 0 aliphatic rings. The molecular formula is C12H17BrN2O2. The lowest BCUT2D eigenvalue weighted by atomic mass is 10.1. The Morgan fingerprint density at radius 2 is 2.18 bits per heavy atom. The molecular weight excluding hydrogens is 284 g/mol. The highest BCUT2D eigenvalue weighted by Gasteiger charge is 2.17. The van der Waals surface area contributed by atoms with Crippen molar-refractivity contribution >= 4 is 21.8 Å². The van der Waals surface area contributed by atoms with Gasteiger partial charge >= 0.3 is 0 Å². The number of methoxy groups -OCH3 is 1. The fraction of sp³-hybridized carbons (Fsp3) is 0.417. The number of hydrogen-bond donors (Lipinski definition) is 2. The lowest BCUT2D eigenvalue weighted by Gasteiger charge is -2.18. The fourth-order valence-electron chi connectivity index (χ4n) is 1.48. The molecule has 0 spiro atoms. The zero-order valence-corrected chi connectivity index (χ0v) is 11.5. The summed E-state index contributed by atoms with van der Waals surface area (Å²) >= 11 is 3.45. The van der Waals surface area contributed by atoms with Crippen LogP contribution < -0.4 is 11.1 Å². The minimum absolute atomic E-state index is 0.0963. The first-order valence-electron chi connectivity index (χ1n) is 5.35. The van der Waals surface area contributed by atoms with Gasteiger partial charge in [-0.2, -0.15) is 0 Å². The molecule has 0 heterocycles. The van der Waals surface area contributed by atoms with E-state index in [1.807, 2.05) is 31.2 Å². The second kappa shape index (κ2) is 6.74. The van der Waals surface area contributed by atoms with E-state index in [9.17, 15) is 4.79 Å². The minimum atomic E-state index is -0.634. The average molecular weight is 301 g/mol. The summed E-state index contributed by atoms with van der Waals surface area (Å²) in [6, 6.07) is 7.02. The molecule has 0 fully saturated rings.